The number of nitrogens with one attached hydrogen (secondary N) is 1. The van der Waals surface area contributed by atoms with E-state index in [1.165, 1.54) is 6.92 Å². The average Bonchev–Trinajstić information content (AvgIpc) is 2.59. The Kier molecular flexibility index (Phi) is 6.55. The van der Waals surface area contributed by atoms with Crippen LogP contribution in [0.5, 0.6) is 0 Å². The van der Waals surface area contributed by atoms with Crippen molar-refractivity contribution in [3.05, 3.63) is 65.2 Å². The summed E-state index contributed by atoms with van der Waals surface area (Å²) in [6.07, 6.45) is -1.50. The summed E-state index contributed by atoms with van der Waals surface area (Å²) in [5, 5.41) is 0. The van der Waals surface area contributed by atoms with E-state index in [1.54, 1.807) is 0 Å². The number of benzene rings is 2. The molecular formula is C17H15F4NO4S. The van der Waals surface area contributed by atoms with Gasteiger partial charge in [0.1, 0.15) is 17.7 Å². The van der Waals surface area contributed by atoms with Crippen molar-refractivity contribution in [3.8, 4) is 0 Å². The second-order valence-corrected chi connectivity index (χ2v) is 7.29. The monoisotopic (exact) mass is 405 g/mol. The fourth-order valence-corrected chi connectivity index (χ4v) is 3.20. The maximum absolute atomic E-state index is 13.6. The van der Waals surface area contributed by atoms with Crippen molar-refractivity contribution in [2.75, 3.05) is 6.54 Å². The molecule has 0 spiro atoms. The fourth-order valence-electron chi connectivity index (χ4n) is 2.16. The van der Waals surface area contributed by atoms with Gasteiger partial charge in [0.2, 0.25) is 10.0 Å². The lowest BCUT2D eigenvalue weighted by molar-refractivity contribution is -0.148. The number of hydrogen-bond donors (Lipinski definition) is 1. The molecule has 2 aromatic rings. The minimum absolute atomic E-state index is 0.161. The molecule has 146 valence electrons. The Morgan fingerprint density at radius 2 is 1.70 bits per heavy atom. The lowest BCUT2D eigenvalue weighted by Gasteiger charge is -2.14. The Balaban J connectivity index is 1.91. The van der Waals surface area contributed by atoms with Crippen LogP contribution in [0.25, 0.3) is 0 Å². The second kappa shape index (κ2) is 8.49. The van der Waals surface area contributed by atoms with Crippen LogP contribution < -0.4 is 4.72 Å². The molecule has 27 heavy (non-hydrogen) atoms. The van der Waals surface area contributed by atoms with Gasteiger partial charge in [-0.1, -0.05) is 0 Å². The molecule has 0 aliphatic rings. The highest BCUT2D eigenvalue weighted by Gasteiger charge is 2.19. The summed E-state index contributed by atoms with van der Waals surface area (Å²) in [6, 6.07) is 4.73. The van der Waals surface area contributed by atoms with E-state index in [2.05, 4.69) is 0 Å². The maximum Gasteiger partial charge on any atom is 0.307 e. The van der Waals surface area contributed by atoms with Crippen LogP contribution in [-0.2, 0) is 19.6 Å². The van der Waals surface area contributed by atoms with Crippen LogP contribution in [0, 0.1) is 23.3 Å². The summed E-state index contributed by atoms with van der Waals surface area (Å²) in [6.45, 7) is 0.944. The van der Waals surface area contributed by atoms with Crippen LogP contribution in [0.1, 0.15) is 25.0 Å². The van der Waals surface area contributed by atoms with Crippen LogP contribution in [0.15, 0.2) is 41.3 Å². The Hall–Kier alpha value is -2.46. The highest BCUT2D eigenvalue weighted by molar-refractivity contribution is 7.89. The molecule has 0 aromatic heterocycles. The molecule has 2 aromatic carbocycles. The van der Waals surface area contributed by atoms with Gasteiger partial charge in [-0.2, -0.15) is 0 Å². The number of esters is 1. The van der Waals surface area contributed by atoms with Crippen LogP contribution in [-0.4, -0.2) is 20.9 Å². The van der Waals surface area contributed by atoms with Crippen LogP contribution in [0.2, 0.25) is 0 Å². The molecule has 0 fully saturated rings. The number of halogens is 4. The van der Waals surface area contributed by atoms with Crippen LogP contribution in [0.4, 0.5) is 17.6 Å². The van der Waals surface area contributed by atoms with Crippen molar-refractivity contribution in [3.63, 3.8) is 0 Å². The smallest absolute Gasteiger partial charge is 0.307 e. The molecular weight excluding hydrogens is 390 g/mol. The third-order valence-corrected chi connectivity index (χ3v) is 4.99. The first-order valence-corrected chi connectivity index (χ1v) is 9.17. The summed E-state index contributed by atoms with van der Waals surface area (Å²) in [7, 11) is -4.16. The van der Waals surface area contributed by atoms with E-state index in [0.29, 0.717) is 12.1 Å². The average molecular weight is 405 g/mol. The quantitative estimate of drug-likeness (QED) is 0.567. The lowest BCUT2D eigenvalue weighted by Crippen LogP contribution is -2.27. The lowest BCUT2D eigenvalue weighted by atomic mass is 10.1. The largest absolute Gasteiger partial charge is 0.458 e. The number of sulfonamides is 1. The predicted molar refractivity (Wildman–Crippen MR) is 87.0 cm³/mol. The van der Waals surface area contributed by atoms with Gasteiger partial charge in [-0.15, -0.1) is 0 Å². The molecule has 0 bridgehead atoms. The van der Waals surface area contributed by atoms with Gasteiger partial charge in [-0.3, -0.25) is 4.79 Å². The first kappa shape index (κ1) is 20.8. The van der Waals surface area contributed by atoms with Crippen molar-refractivity contribution >= 4 is 16.0 Å². The Labute approximate surface area is 153 Å². The van der Waals surface area contributed by atoms with E-state index in [4.69, 9.17) is 4.74 Å². The molecule has 5 nitrogen and oxygen atoms in total. The molecule has 1 N–H and O–H groups in total. The van der Waals surface area contributed by atoms with Crippen molar-refractivity contribution < 1.29 is 35.5 Å². The SMILES string of the molecule is CC(OC(=O)CCNS(=O)(=O)c1ccc(F)c(F)c1)c1cc(F)ccc1F. The zero-order valence-electron chi connectivity index (χ0n) is 14.0. The summed E-state index contributed by atoms with van der Waals surface area (Å²) in [4.78, 5) is 11.3. The van der Waals surface area contributed by atoms with Gasteiger partial charge < -0.3 is 4.74 Å². The number of rotatable bonds is 7. The van der Waals surface area contributed by atoms with Crippen molar-refractivity contribution in [2.24, 2.45) is 0 Å². The van der Waals surface area contributed by atoms with Crippen LogP contribution in [0.3, 0.4) is 0 Å². The molecule has 0 aliphatic heterocycles. The normalized spacial score (nSPS) is 12.6. The van der Waals surface area contributed by atoms with E-state index in [9.17, 15) is 30.8 Å². The molecule has 0 amide bonds. The van der Waals surface area contributed by atoms with E-state index >= 15 is 0 Å². The highest BCUT2D eigenvalue weighted by atomic mass is 32.2. The third kappa shape index (κ3) is 5.51. The van der Waals surface area contributed by atoms with Gasteiger partial charge in [0.25, 0.3) is 0 Å². The second-order valence-electron chi connectivity index (χ2n) is 5.52. The van der Waals surface area contributed by atoms with Gasteiger partial charge in [0.05, 0.1) is 11.3 Å². The predicted octanol–water partition coefficient (Wildman–Crippen LogP) is 3.22. The van der Waals surface area contributed by atoms with Gasteiger partial charge in [-0.05, 0) is 43.3 Å². The molecule has 1 unspecified atom stereocenters. The number of carbonyl (C=O) groups is 1. The zero-order chi connectivity index (χ0) is 20.2. The van der Waals surface area contributed by atoms with Crippen LogP contribution >= 0.6 is 0 Å². The third-order valence-electron chi connectivity index (χ3n) is 3.53. The minimum atomic E-state index is -4.16. The maximum atomic E-state index is 13.6. The van der Waals surface area contributed by atoms with Gasteiger partial charge in [0, 0.05) is 12.1 Å². The van der Waals surface area contributed by atoms with Gasteiger partial charge in [0.15, 0.2) is 11.6 Å². The number of ether oxygens (including phenoxy) is 1. The van der Waals surface area contributed by atoms with Gasteiger partial charge in [-0.25, -0.2) is 30.7 Å². The zero-order valence-corrected chi connectivity index (χ0v) is 14.8. The number of carbonyl (C=O) groups excluding carboxylic acids is 1. The summed E-state index contributed by atoms with van der Waals surface area (Å²) in [5.41, 5.74) is -0.161. The molecule has 0 saturated carbocycles. The Bertz CT molecular complexity index is 950. The highest BCUT2D eigenvalue weighted by Crippen LogP contribution is 2.21. The molecule has 2 rings (SSSR count). The molecule has 0 saturated heterocycles. The van der Waals surface area contributed by atoms with E-state index in [0.717, 1.165) is 24.3 Å². The Morgan fingerprint density at radius 3 is 2.37 bits per heavy atom. The Morgan fingerprint density at radius 1 is 1.04 bits per heavy atom. The molecule has 0 aliphatic carbocycles. The van der Waals surface area contributed by atoms with E-state index in [-0.39, 0.29) is 5.56 Å². The summed E-state index contributed by atoms with van der Waals surface area (Å²) in [5.74, 6) is -4.84. The van der Waals surface area contributed by atoms with Gasteiger partial charge >= 0.3 is 5.97 Å². The molecule has 0 heterocycles. The number of hydrogen-bond acceptors (Lipinski definition) is 4. The van der Waals surface area contributed by atoms with E-state index < -0.39 is 63.2 Å². The molecule has 1 atom stereocenters. The molecule has 10 heteroatoms. The first-order valence-electron chi connectivity index (χ1n) is 7.69. The minimum Gasteiger partial charge on any atom is -0.458 e. The fraction of sp³-hybridized carbons (Fsp3) is 0.235. The summed E-state index contributed by atoms with van der Waals surface area (Å²) < 4.78 is 83.7. The standard InChI is InChI=1S/C17H15F4NO4S/c1-10(13-8-11(18)2-4-14(13)19)26-17(23)6-7-22-27(24,25)12-3-5-15(20)16(21)9-12/h2-5,8-10,22H,6-7H2,1H3. The summed E-state index contributed by atoms with van der Waals surface area (Å²) >= 11 is 0. The first-order chi connectivity index (χ1) is 12.6. The topological polar surface area (TPSA) is 72.5 Å². The van der Waals surface area contributed by atoms with E-state index in [1.807, 2.05) is 4.72 Å². The van der Waals surface area contributed by atoms with Crippen molar-refractivity contribution in [1.82, 2.24) is 4.72 Å². The van der Waals surface area contributed by atoms with Crippen molar-refractivity contribution in [2.45, 2.75) is 24.3 Å². The molecule has 0 radical (unpaired) electrons. The van der Waals surface area contributed by atoms with Crippen molar-refractivity contribution in [1.29, 1.82) is 0 Å².